The maximum Gasteiger partial charge on any atom is 0.261 e. The zero-order valence-electron chi connectivity index (χ0n) is 13.5. The summed E-state index contributed by atoms with van der Waals surface area (Å²) in [6.07, 6.45) is 0. The fraction of sp³-hybridized carbons (Fsp3) is 0.0556. The summed E-state index contributed by atoms with van der Waals surface area (Å²) < 4.78 is 28.9. The van der Waals surface area contributed by atoms with Crippen molar-refractivity contribution in [2.24, 2.45) is 7.05 Å². The first kappa shape index (κ1) is 17.6. The van der Waals surface area contributed by atoms with Crippen molar-refractivity contribution in [3.63, 3.8) is 0 Å². The molecule has 0 aliphatic heterocycles. The third kappa shape index (κ3) is 3.73. The van der Waals surface area contributed by atoms with E-state index in [-0.39, 0.29) is 0 Å². The SMILES string of the molecule is Cn1nc(C#N)cc1Sc1ccc(NC(=O)c2c(F)cccc2F)cc1. The van der Waals surface area contributed by atoms with E-state index in [0.29, 0.717) is 11.4 Å². The van der Waals surface area contributed by atoms with Crippen LogP contribution in [0.3, 0.4) is 0 Å². The lowest BCUT2D eigenvalue weighted by atomic mass is 10.2. The molecule has 0 fully saturated rings. The Hall–Kier alpha value is -3.18. The van der Waals surface area contributed by atoms with Gasteiger partial charge in [-0.1, -0.05) is 17.8 Å². The van der Waals surface area contributed by atoms with Crippen LogP contribution < -0.4 is 5.32 Å². The number of anilines is 1. The van der Waals surface area contributed by atoms with Crippen molar-refractivity contribution in [1.82, 2.24) is 9.78 Å². The molecule has 3 rings (SSSR count). The number of benzene rings is 2. The number of carbonyl (C=O) groups is 1. The van der Waals surface area contributed by atoms with E-state index >= 15 is 0 Å². The quantitative estimate of drug-likeness (QED) is 0.754. The molecule has 0 unspecified atom stereocenters. The van der Waals surface area contributed by atoms with Crippen molar-refractivity contribution in [2.75, 3.05) is 5.32 Å². The Bertz CT molecular complexity index is 989. The van der Waals surface area contributed by atoms with Crippen LogP contribution in [0.2, 0.25) is 0 Å². The molecular weight excluding hydrogens is 358 g/mol. The summed E-state index contributed by atoms with van der Waals surface area (Å²) in [5.74, 6) is -2.69. The number of carbonyl (C=O) groups excluding carboxylic acids is 1. The van der Waals surface area contributed by atoms with Crippen molar-refractivity contribution in [3.8, 4) is 6.07 Å². The molecule has 0 saturated carbocycles. The minimum atomic E-state index is -0.917. The molecule has 0 saturated heterocycles. The number of aryl methyl sites for hydroxylation is 1. The standard InChI is InChI=1S/C18H12F2N4OS/c1-24-16(9-12(10-21)23-24)26-13-7-5-11(6-8-13)22-18(25)17-14(19)3-2-4-15(17)20/h2-9H,1H3,(H,22,25). The molecule has 1 N–H and O–H groups in total. The van der Waals surface area contributed by atoms with E-state index in [1.165, 1.54) is 17.8 Å². The molecule has 5 nitrogen and oxygen atoms in total. The number of hydrogen-bond acceptors (Lipinski definition) is 4. The highest BCUT2D eigenvalue weighted by Crippen LogP contribution is 2.29. The molecule has 0 radical (unpaired) electrons. The van der Waals surface area contributed by atoms with Crippen LogP contribution in [0.1, 0.15) is 16.1 Å². The molecule has 1 aromatic heterocycles. The largest absolute Gasteiger partial charge is 0.322 e. The van der Waals surface area contributed by atoms with Crippen LogP contribution in [0.15, 0.2) is 58.5 Å². The summed E-state index contributed by atoms with van der Waals surface area (Å²) in [5.41, 5.74) is 0.111. The number of hydrogen-bond donors (Lipinski definition) is 1. The smallest absolute Gasteiger partial charge is 0.261 e. The van der Waals surface area contributed by atoms with Crippen LogP contribution in [-0.2, 0) is 7.05 Å². The second-order valence-electron chi connectivity index (χ2n) is 5.28. The van der Waals surface area contributed by atoms with Crippen LogP contribution in [-0.4, -0.2) is 15.7 Å². The first-order valence-electron chi connectivity index (χ1n) is 7.45. The number of halogens is 2. The highest BCUT2D eigenvalue weighted by molar-refractivity contribution is 7.99. The van der Waals surface area contributed by atoms with Crippen molar-refractivity contribution >= 4 is 23.4 Å². The van der Waals surface area contributed by atoms with E-state index in [0.717, 1.165) is 22.1 Å². The summed E-state index contributed by atoms with van der Waals surface area (Å²) in [6, 6.07) is 13.6. The predicted molar refractivity (Wildman–Crippen MR) is 92.8 cm³/mol. The molecule has 3 aromatic rings. The second kappa shape index (κ2) is 7.37. The Morgan fingerprint density at radius 2 is 1.85 bits per heavy atom. The molecule has 0 atom stereocenters. The van der Waals surface area contributed by atoms with Crippen LogP contribution in [0.4, 0.5) is 14.5 Å². The van der Waals surface area contributed by atoms with Crippen LogP contribution in [0.25, 0.3) is 0 Å². The van der Waals surface area contributed by atoms with Gasteiger partial charge in [-0.05, 0) is 36.4 Å². The minimum Gasteiger partial charge on any atom is -0.322 e. The summed E-state index contributed by atoms with van der Waals surface area (Å²) in [6.45, 7) is 0. The first-order valence-corrected chi connectivity index (χ1v) is 8.27. The van der Waals surface area contributed by atoms with Crippen molar-refractivity contribution in [3.05, 3.63) is 71.4 Å². The zero-order chi connectivity index (χ0) is 18.7. The lowest BCUT2D eigenvalue weighted by Crippen LogP contribution is -2.15. The van der Waals surface area contributed by atoms with Gasteiger partial charge in [-0.15, -0.1) is 0 Å². The van der Waals surface area contributed by atoms with Crippen molar-refractivity contribution in [1.29, 1.82) is 5.26 Å². The lowest BCUT2D eigenvalue weighted by molar-refractivity contribution is 0.101. The molecule has 1 heterocycles. The average molecular weight is 370 g/mol. The van der Waals surface area contributed by atoms with Gasteiger partial charge in [0.15, 0.2) is 5.69 Å². The zero-order valence-corrected chi connectivity index (χ0v) is 14.3. The van der Waals surface area contributed by atoms with E-state index in [1.54, 1.807) is 42.1 Å². The summed E-state index contributed by atoms with van der Waals surface area (Å²) in [5, 5.41) is 16.2. The Labute approximate surface area is 152 Å². The van der Waals surface area contributed by atoms with Gasteiger partial charge in [-0.3, -0.25) is 9.48 Å². The topological polar surface area (TPSA) is 70.7 Å². The van der Waals surface area contributed by atoms with Gasteiger partial charge in [0, 0.05) is 23.7 Å². The van der Waals surface area contributed by atoms with Gasteiger partial charge in [-0.25, -0.2) is 8.78 Å². The summed E-state index contributed by atoms with van der Waals surface area (Å²) >= 11 is 1.40. The highest BCUT2D eigenvalue weighted by Gasteiger charge is 2.17. The van der Waals surface area contributed by atoms with Gasteiger partial charge >= 0.3 is 0 Å². The van der Waals surface area contributed by atoms with Gasteiger partial charge in [0.25, 0.3) is 5.91 Å². The maximum absolute atomic E-state index is 13.6. The predicted octanol–water partition coefficient (Wildman–Crippen LogP) is 3.97. The maximum atomic E-state index is 13.6. The minimum absolute atomic E-state index is 0.325. The molecular formula is C18H12F2N4OS. The molecule has 1 amide bonds. The molecule has 26 heavy (non-hydrogen) atoms. The van der Waals surface area contributed by atoms with E-state index in [9.17, 15) is 13.6 Å². The first-order chi connectivity index (χ1) is 12.5. The Kier molecular flexibility index (Phi) is 5.00. The third-order valence-corrected chi connectivity index (χ3v) is 4.57. The number of nitrogens with one attached hydrogen (secondary N) is 1. The second-order valence-corrected chi connectivity index (χ2v) is 6.37. The fourth-order valence-corrected chi connectivity index (χ4v) is 3.09. The molecule has 0 spiro atoms. The van der Waals surface area contributed by atoms with Gasteiger partial charge in [0.2, 0.25) is 0 Å². The van der Waals surface area contributed by atoms with Crippen LogP contribution >= 0.6 is 11.8 Å². The van der Waals surface area contributed by atoms with Crippen LogP contribution in [0, 0.1) is 23.0 Å². The van der Waals surface area contributed by atoms with E-state index < -0.39 is 23.1 Å². The molecule has 8 heteroatoms. The summed E-state index contributed by atoms with van der Waals surface area (Å²) in [7, 11) is 1.74. The van der Waals surface area contributed by atoms with Crippen molar-refractivity contribution in [2.45, 2.75) is 9.92 Å². The monoisotopic (exact) mass is 370 g/mol. The molecule has 0 aliphatic carbocycles. The third-order valence-electron chi connectivity index (χ3n) is 3.48. The molecule has 0 bridgehead atoms. The molecule has 2 aromatic carbocycles. The van der Waals surface area contributed by atoms with E-state index in [1.807, 2.05) is 6.07 Å². The lowest BCUT2D eigenvalue weighted by Gasteiger charge is -2.08. The van der Waals surface area contributed by atoms with E-state index in [4.69, 9.17) is 5.26 Å². The van der Waals surface area contributed by atoms with Gasteiger partial charge in [0.1, 0.15) is 23.3 Å². The number of nitriles is 1. The molecule has 130 valence electrons. The fourth-order valence-electron chi connectivity index (χ4n) is 2.24. The summed E-state index contributed by atoms with van der Waals surface area (Å²) in [4.78, 5) is 12.9. The van der Waals surface area contributed by atoms with Crippen molar-refractivity contribution < 1.29 is 13.6 Å². The highest BCUT2D eigenvalue weighted by atomic mass is 32.2. The number of nitrogens with zero attached hydrogens (tertiary/aromatic N) is 3. The Balaban J connectivity index is 1.72. The Morgan fingerprint density at radius 3 is 2.42 bits per heavy atom. The van der Waals surface area contributed by atoms with Gasteiger partial charge in [-0.2, -0.15) is 10.4 Å². The van der Waals surface area contributed by atoms with Gasteiger partial charge in [0.05, 0.1) is 5.03 Å². The number of rotatable bonds is 4. The van der Waals surface area contributed by atoms with E-state index in [2.05, 4.69) is 10.4 Å². The van der Waals surface area contributed by atoms with Crippen LogP contribution in [0.5, 0.6) is 0 Å². The van der Waals surface area contributed by atoms with Gasteiger partial charge < -0.3 is 5.32 Å². The Morgan fingerprint density at radius 1 is 1.19 bits per heavy atom. The number of amides is 1. The normalized spacial score (nSPS) is 10.4. The molecule has 0 aliphatic rings. The average Bonchev–Trinajstić information content (AvgIpc) is 2.96. The number of aromatic nitrogens is 2.